The molecule has 7 rings (SSSR count). The fourth-order valence-electron chi connectivity index (χ4n) is 6.22. The van der Waals surface area contributed by atoms with Crippen LogP contribution in [-0.2, 0) is 10.0 Å². The largest absolute Gasteiger partial charge is 0.494 e. The summed E-state index contributed by atoms with van der Waals surface area (Å²) < 4.78 is 59.9. The SMILES string of the molecule is COc1cc(N2CCC(N3CCN(C)CC3)CC2)c2cc1Nc1ncc(Br)c(n1)Nc1cc(F)c(cc1N(C)S(C)(=O)=O)OCCCO2. The lowest BCUT2D eigenvalue weighted by Gasteiger charge is -2.42. The Labute approximate surface area is 289 Å². The number of aromatic nitrogens is 2. The van der Waals surface area contributed by atoms with Crippen molar-refractivity contribution in [3.63, 3.8) is 0 Å². The number of hydrogen-bond donors (Lipinski definition) is 2. The van der Waals surface area contributed by atoms with E-state index in [-0.39, 0.29) is 35.5 Å². The summed E-state index contributed by atoms with van der Waals surface area (Å²) in [6, 6.07) is 7.00. The molecule has 6 bridgehead atoms. The van der Waals surface area contributed by atoms with E-state index in [1.54, 1.807) is 13.3 Å². The van der Waals surface area contributed by atoms with Crippen molar-refractivity contribution >= 4 is 60.5 Å². The molecule has 0 aliphatic carbocycles. The normalized spacial score (nSPS) is 18.2. The van der Waals surface area contributed by atoms with E-state index in [9.17, 15) is 8.42 Å². The van der Waals surface area contributed by atoms with Crippen LogP contribution >= 0.6 is 15.9 Å². The van der Waals surface area contributed by atoms with Crippen LogP contribution < -0.4 is 34.0 Å². The third-order valence-corrected chi connectivity index (χ3v) is 10.8. The van der Waals surface area contributed by atoms with E-state index < -0.39 is 15.8 Å². The Morgan fingerprint density at radius 3 is 2.40 bits per heavy atom. The molecule has 13 nitrogen and oxygen atoms in total. The quantitative estimate of drug-likeness (QED) is 0.378. The maximum absolute atomic E-state index is 15.3. The summed E-state index contributed by atoms with van der Waals surface area (Å²) in [5, 5.41) is 6.32. The van der Waals surface area contributed by atoms with Gasteiger partial charge in [0.25, 0.3) is 0 Å². The lowest BCUT2D eigenvalue weighted by atomic mass is 10.0. The van der Waals surface area contributed by atoms with E-state index in [1.807, 2.05) is 12.1 Å². The summed E-state index contributed by atoms with van der Waals surface area (Å²) in [5.41, 5.74) is 1.89. The number of rotatable bonds is 5. The molecule has 0 amide bonds. The molecule has 2 fully saturated rings. The van der Waals surface area contributed by atoms with E-state index in [0.29, 0.717) is 40.7 Å². The smallest absolute Gasteiger partial charge is 0.232 e. The first-order chi connectivity index (χ1) is 23.0. The maximum Gasteiger partial charge on any atom is 0.232 e. The summed E-state index contributed by atoms with van der Waals surface area (Å²) in [6.07, 6.45) is 5.18. The number of benzene rings is 2. The number of ether oxygens (including phenoxy) is 3. The molecule has 0 saturated carbocycles. The number of anilines is 6. The van der Waals surface area contributed by atoms with Gasteiger partial charge < -0.3 is 34.6 Å². The molecule has 5 heterocycles. The van der Waals surface area contributed by atoms with Crippen LogP contribution in [0, 0.1) is 5.82 Å². The Balaban J connectivity index is 1.31. The van der Waals surface area contributed by atoms with Gasteiger partial charge in [0, 0.05) is 89.2 Å². The maximum atomic E-state index is 15.3. The van der Waals surface area contributed by atoms with Crippen molar-refractivity contribution in [2.24, 2.45) is 0 Å². The minimum atomic E-state index is -3.69. The number of nitrogens with zero attached hydrogens (tertiary/aromatic N) is 6. The fourth-order valence-corrected chi connectivity index (χ4v) is 7.01. The minimum Gasteiger partial charge on any atom is -0.494 e. The van der Waals surface area contributed by atoms with Gasteiger partial charge in [-0.25, -0.2) is 17.8 Å². The Hall–Kier alpha value is -3.60. The minimum absolute atomic E-state index is 0.0740. The lowest BCUT2D eigenvalue weighted by molar-refractivity contribution is 0.0981. The van der Waals surface area contributed by atoms with E-state index in [4.69, 9.17) is 14.2 Å². The Bertz CT molecular complexity index is 1740. The summed E-state index contributed by atoms with van der Waals surface area (Å²) >= 11 is 3.46. The van der Waals surface area contributed by atoms with Crippen LogP contribution in [0.5, 0.6) is 17.2 Å². The van der Waals surface area contributed by atoms with Crippen molar-refractivity contribution in [2.75, 3.05) is 99.8 Å². The molecule has 0 radical (unpaired) electrons. The highest BCUT2D eigenvalue weighted by Crippen LogP contribution is 2.42. The van der Waals surface area contributed by atoms with Crippen molar-refractivity contribution in [3.8, 4) is 17.2 Å². The summed E-state index contributed by atoms with van der Waals surface area (Å²) in [7, 11) is 1.49. The van der Waals surface area contributed by atoms with Crippen LogP contribution in [0.15, 0.2) is 34.9 Å². The first kappa shape index (κ1) is 34.3. The number of methoxy groups -OCH3 is 1. The fraction of sp³-hybridized carbons (Fsp3) is 0.500. The molecule has 4 aliphatic heterocycles. The first-order valence-electron chi connectivity index (χ1n) is 16.0. The Morgan fingerprint density at radius 1 is 1.00 bits per heavy atom. The predicted molar refractivity (Wildman–Crippen MR) is 189 cm³/mol. The molecule has 2 aromatic carbocycles. The average Bonchev–Trinajstić information content (AvgIpc) is 3.06. The van der Waals surface area contributed by atoms with Crippen molar-refractivity contribution in [1.29, 1.82) is 0 Å². The van der Waals surface area contributed by atoms with Gasteiger partial charge >= 0.3 is 0 Å². The van der Waals surface area contributed by atoms with Crippen LogP contribution in [0.2, 0.25) is 0 Å². The zero-order chi connectivity index (χ0) is 34.0. The van der Waals surface area contributed by atoms with E-state index in [0.717, 1.165) is 68.4 Å². The highest BCUT2D eigenvalue weighted by atomic mass is 79.9. The van der Waals surface area contributed by atoms with Crippen molar-refractivity contribution in [1.82, 2.24) is 19.8 Å². The molecular weight excluding hydrogens is 707 g/mol. The predicted octanol–water partition coefficient (Wildman–Crippen LogP) is 4.65. The number of sulfonamides is 1. The van der Waals surface area contributed by atoms with Crippen molar-refractivity contribution in [2.45, 2.75) is 25.3 Å². The van der Waals surface area contributed by atoms with Gasteiger partial charge in [-0.2, -0.15) is 4.98 Å². The molecule has 4 aliphatic rings. The summed E-state index contributed by atoms with van der Waals surface area (Å²) in [4.78, 5) is 16.4. The zero-order valence-electron chi connectivity index (χ0n) is 27.6. The number of nitrogens with one attached hydrogen (secondary N) is 2. The third kappa shape index (κ3) is 7.66. The highest BCUT2D eigenvalue weighted by molar-refractivity contribution is 9.10. The van der Waals surface area contributed by atoms with E-state index in [1.165, 1.54) is 19.2 Å². The lowest BCUT2D eigenvalue weighted by Crippen LogP contribution is -2.52. The van der Waals surface area contributed by atoms with Gasteiger partial charge in [0.05, 0.1) is 53.8 Å². The first-order valence-corrected chi connectivity index (χ1v) is 18.6. The van der Waals surface area contributed by atoms with Crippen molar-refractivity contribution < 1.29 is 27.0 Å². The number of hydrogen-bond acceptors (Lipinski definition) is 12. The third-order valence-electron chi connectivity index (χ3n) is 9.07. The topological polar surface area (TPSA) is 125 Å². The Kier molecular flexibility index (Phi) is 10.3. The summed E-state index contributed by atoms with van der Waals surface area (Å²) in [6.45, 7) is 6.63. The van der Waals surface area contributed by atoms with Gasteiger partial charge in [-0.15, -0.1) is 0 Å². The van der Waals surface area contributed by atoms with Gasteiger partial charge in [0.2, 0.25) is 16.0 Å². The Morgan fingerprint density at radius 2 is 1.71 bits per heavy atom. The van der Waals surface area contributed by atoms with Crippen LogP contribution in [0.25, 0.3) is 0 Å². The summed E-state index contributed by atoms with van der Waals surface area (Å²) in [5.74, 6) is 1.04. The zero-order valence-corrected chi connectivity index (χ0v) is 30.0. The molecule has 0 spiro atoms. The number of halogens is 2. The van der Waals surface area contributed by atoms with Gasteiger partial charge in [0.15, 0.2) is 11.6 Å². The molecule has 260 valence electrons. The van der Waals surface area contributed by atoms with Crippen LogP contribution in [0.4, 0.5) is 38.9 Å². The number of piperidine rings is 1. The second-order valence-electron chi connectivity index (χ2n) is 12.3. The van der Waals surface area contributed by atoms with Crippen LogP contribution in [0.1, 0.15) is 19.3 Å². The monoisotopic (exact) mass is 748 g/mol. The second kappa shape index (κ2) is 14.5. The number of likely N-dealkylation sites (N-methyl/N-ethyl adjacent to an activating group) is 1. The van der Waals surface area contributed by atoms with Gasteiger partial charge in [-0.1, -0.05) is 0 Å². The molecule has 2 N–H and O–H groups in total. The molecule has 48 heavy (non-hydrogen) atoms. The second-order valence-corrected chi connectivity index (χ2v) is 15.2. The van der Waals surface area contributed by atoms with Gasteiger partial charge in [-0.05, 0) is 35.8 Å². The number of piperazine rings is 1. The van der Waals surface area contributed by atoms with Gasteiger partial charge in [0.1, 0.15) is 17.3 Å². The number of fused-ring (bicyclic) bond motifs is 6. The van der Waals surface area contributed by atoms with Crippen LogP contribution in [0.3, 0.4) is 0 Å². The average molecular weight is 750 g/mol. The molecule has 0 atom stereocenters. The molecular formula is C32H42BrFN8O5S. The van der Waals surface area contributed by atoms with Crippen LogP contribution in [-0.4, -0.2) is 114 Å². The molecule has 0 unspecified atom stereocenters. The molecule has 1 aromatic heterocycles. The molecule has 16 heteroatoms. The molecule has 3 aromatic rings. The standard InChI is InChI=1S/C32H42BrFN8O5S/c1-39-10-12-41(13-11-39)21-6-8-42(9-7-21)27-19-29(45-3)25-17-30(27)47-15-5-14-46-28-18-26(40(2)48(4,43)44)24(16-23(28)34)36-31-22(33)20-35-32(37-25)38-31/h16-21H,5-15H2,1-4H3,(H2,35,36,37,38). The van der Waals surface area contributed by atoms with Crippen molar-refractivity contribution in [3.05, 3.63) is 40.8 Å². The highest BCUT2D eigenvalue weighted by Gasteiger charge is 2.29. The van der Waals surface area contributed by atoms with E-state index >= 15 is 4.39 Å². The van der Waals surface area contributed by atoms with E-state index in [2.05, 4.69) is 58.3 Å². The van der Waals surface area contributed by atoms with Gasteiger partial charge in [-0.3, -0.25) is 9.21 Å². The molecule has 2 saturated heterocycles.